The van der Waals surface area contributed by atoms with Crippen LogP contribution in [-0.2, 0) is 10.0 Å². The summed E-state index contributed by atoms with van der Waals surface area (Å²) in [5, 5.41) is 5.13. The first kappa shape index (κ1) is 21.2. The Labute approximate surface area is 190 Å². The van der Waals surface area contributed by atoms with Crippen molar-refractivity contribution in [3.05, 3.63) is 90.4 Å². The molecule has 1 N–H and O–H groups in total. The van der Waals surface area contributed by atoms with Crippen molar-refractivity contribution in [1.82, 2.24) is 14.5 Å². The molecule has 3 aromatic carbocycles. The number of thioether (sulfide) groups is 1. The summed E-state index contributed by atoms with van der Waals surface area (Å²) in [7, 11) is -3.25. The van der Waals surface area contributed by atoms with E-state index in [1.807, 2.05) is 42.5 Å². The highest BCUT2D eigenvalue weighted by Gasteiger charge is 2.35. The third kappa shape index (κ3) is 4.57. The lowest BCUT2D eigenvalue weighted by Crippen LogP contribution is -2.30. The summed E-state index contributed by atoms with van der Waals surface area (Å²) in [6.45, 7) is 0.334. The normalized spacial score (nSPS) is 15.2. The highest BCUT2D eigenvalue weighted by molar-refractivity contribution is 7.99. The number of nitrogens with one attached hydrogen (secondary N) is 1. The monoisotopic (exact) mass is 467 g/mol. The molecule has 1 aromatic heterocycles. The Morgan fingerprint density at radius 1 is 1.06 bits per heavy atom. The smallest absolute Gasteiger partial charge is 0.214 e. The molecule has 4 aromatic rings. The van der Waals surface area contributed by atoms with Crippen molar-refractivity contribution in [2.24, 2.45) is 0 Å². The van der Waals surface area contributed by atoms with Crippen LogP contribution in [0.4, 0.5) is 4.39 Å². The summed E-state index contributed by atoms with van der Waals surface area (Å²) < 4.78 is 42.6. The van der Waals surface area contributed by atoms with Crippen LogP contribution < -0.4 is 4.72 Å². The molecule has 0 spiro atoms. The SMILES string of the molecule is O=S(=O)(NC[C@H](Sc1ccc2c(cnn2-c2ccc(F)cc2)c1)c1ccccc1)C1CC1. The van der Waals surface area contributed by atoms with Crippen LogP contribution in [-0.4, -0.2) is 30.0 Å². The number of rotatable bonds is 8. The second-order valence-corrected chi connectivity index (χ2v) is 11.2. The van der Waals surface area contributed by atoms with Crippen molar-refractivity contribution in [2.75, 3.05) is 6.54 Å². The molecule has 1 heterocycles. The van der Waals surface area contributed by atoms with E-state index in [2.05, 4.69) is 15.9 Å². The maximum atomic E-state index is 13.3. The van der Waals surface area contributed by atoms with Crippen molar-refractivity contribution < 1.29 is 12.8 Å². The van der Waals surface area contributed by atoms with Crippen LogP contribution in [0.1, 0.15) is 23.7 Å². The van der Waals surface area contributed by atoms with Crippen LogP contribution in [0.2, 0.25) is 0 Å². The minimum Gasteiger partial charge on any atom is -0.233 e. The molecular weight excluding hydrogens is 445 g/mol. The third-order valence-electron chi connectivity index (χ3n) is 5.49. The van der Waals surface area contributed by atoms with E-state index in [1.54, 1.807) is 34.8 Å². The molecule has 1 fully saturated rings. The fourth-order valence-corrected chi connectivity index (χ4v) is 6.25. The van der Waals surface area contributed by atoms with Crippen molar-refractivity contribution in [3.63, 3.8) is 0 Å². The van der Waals surface area contributed by atoms with Gasteiger partial charge in [0.25, 0.3) is 0 Å². The summed E-state index contributed by atoms with van der Waals surface area (Å²) >= 11 is 1.62. The molecule has 0 amide bonds. The van der Waals surface area contributed by atoms with Crippen LogP contribution in [0.15, 0.2) is 83.9 Å². The van der Waals surface area contributed by atoms with Crippen LogP contribution in [0.25, 0.3) is 16.6 Å². The maximum absolute atomic E-state index is 13.3. The predicted molar refractivity (Wildman–Crippen MR) is 126 cm³/mol. The lowest BCUT2D eigenvalue weighted by molar-refractivity contribution is 0.579. The molecule has 164 valence electrons. The number of halogens is 1. The molecule has 1 aliphatic rings. The number of benzene rings is 3. The van der Waals surface area contributed by atoms with Gasteiger partial charge in [-0.15, -0.1) is 11.8 Å². The van der Waals surface area contributed by atoms with Gasteiger partial charge in [0.15, 0.2) is 0 Å². The largest absolute Gasteiger partial charge is 0.233 e. The van der Waals surface area contributed by atoms with Gasteiger partial charge in [-0.05, 0) is 60.9 Å². The van der Waals surface area contributed by atoms with Crippen LogP contribution in [0.5, 0.6) is 0 Å². The quantitative estimate of drug-likeness (QED) is 0.367. The van der Waals surface area contributed by atoms with Crippen molar-refractivity contribution >= 4 is 32.7 Å². The molecule has 1 aliphatic carbocycles. The Bertz CT molecular complexity index is 1330. The molecule has 1 atom stereocenters. The average molecular weight is 468 g/mol. The van der Waals surface area contributed by atoms with Gasteiger partial charge in [-0.1, -0.05) is 30.3 Å². The Morgan fingerprint density at radius 2 is 1.81 bits per heavy atom. The van der Waals surface area contributed by atoms with Crippen molar-refractivity contribution in [1.29, 1.82) is 0 Å². The van der Waals surface area contributed by atoms with E-state index in [0.29, 0.717) is 6.54 Å². The molecule has 8 heteroatoms. The van der Waals surface area contributed by atoms with Gasteiger partial charge < -0.3 is 0 Å². The molecule has 0 saturated heterocycles. The van der Waals surface area contributed by atoms with E-state index in [1.165, 1.54) is 12.1 Å². The topological polar surface area (TPSA) is 64.0 Å². The highest BCUT2D eigenvalue weighted by Crippen LogP contribution is 2.37. The van der Waals surface area contributed by atoms with Gasteiger partial charge in [0.2, 0.25) is 10.0 Å². The van der Waals surface area contributed by atoms with E-state index in [-0.39, 0.29) is 16.3 Å². The summed E-state index contributed by atoms with van der Waals surface area (Å²) in [4.78, 5) is 1.02. The Balaban J connectivity index is 1.40. The maximum Gasteiger partial charge on any atom is 0.214 e. The zero-order valence-corrected chi connectivity index (χ0v) is 18.8. The van der Waals surface area contributed by atoms with E-state index < -0.39 is 10.0 Å². The van der Waals surface area contributed by atoms with E-state index in [9.17, 15) is 12.8 Å². The lowest BCUT2D eigenvalue weighted by Gasteiger charge is -2.18. The van der Waals surface area contributed by atoms with E-state index in [0.717, 1.165) is 39.9 Å². The summed E-state index contributed by atoms with van der Waals surface area (Å²) in [6, 6.07) is 22.2. The first-order valence-corrected chi connectivity index (χ1v) is 12.9. The number of aromatic nitrogens is 2. The highest BCUT2D eigenvalue weighted by atomic mass is 32.2. The number of hydrogen-bond acceptors (Lipinski definition) is 4. The minimum atomic E-state index is -3.25. The zero-order valence-electron chi connectivity index (χ0n) is 17.2. The van der Waals surface area contributed by atoms with Crippen LogP contribution in [0.3, 0.4) is 0 Å². The van der Waals surface area contributed by atoms with Crippen molar-refractivity contribution in [2.45, 2.75) is 28.2 Å². The fraction of sp³-hybridized carbons (Fsp3) is 0.208. The van der Waals surface area contributed by atoms with E-state index >= 15 is 0 Å². The van der Waals surface area contributed by atoms with Gasteiger partial charge in [0.1, 0.15) is 5.82 Å². The van der Waals surface area contributed by atoms with Crippen LogP contribution >= 0.6 is 11.8 Å². The Kier molecular flexibility index (Phi) is 5.75. The number of hydrogen-bond donors (Lipinski definition) is 1. The minimum absolute atomic E-state index is 0.0608. The third-order valence-corrected chi connectivity index (χ3v) is 8.66. The van der Waals surface area contributed by atoms with Gasteiger partial charge in [0, 0.05) is 22.1 Å². The molecular formula is C24H22FN3O2S2. The van der Waals surface area contributed by atoms with Gasteiger partial charge in [-0.25, -0.2) is 22.2 Å². The zero-order chi connectivity index (χ0) is 22.1. The second-order valence-electron chi connectivity index (χ2n) is 7.86. The lowest BCUT2D eigenvalue weighted by atomic mass is 10.1. The molecule has 5 rings (SSSR count). The molecule has 0 bridgehead atoms. The standard InChI is InChI=1S/C24H22FN3O2S2/c25-19-6-8-20(9-7-19)28-23-13-10-21(14-18(23)15-26-28)31-24(17-4-2-1-3-5-17)16-27-32(29,30)22-11-12-22/h1-10,13-15,22,24,27H,11-12,16H2/t24-/m0/s1. The second kappa shape index (κ2) is 8.69. The first-order chi connectivity index (χ1) is 15.5. The molecule has 0 radical (unpaired) electrons. The van der Waals surface area contributed by atoms with Gasteiger partial charge >= 0.3 is 0 Å². The number of nitrogens with zero attached hydrogens (tertiary/aromatic N) is 2. The number of fused-ring (bicyclic) bond motifs is 1. The Hall–Kier alpha value is -2.68. The predicted octanol–water partition coefficient (Wildman–Crippen LogP) is 5.08. The van der Waals surface area contributed by atoms with Gasteiger partial charge in [-0.2, -0.15) is 5.10 Å². The summed E-state index contributed by atoms with van der Waals surface area (Å²) in [6.07, 6.45) is 3.27. The fourth-order valence-electron chi connectivity index (χ4n) is 3.62. The molecule has 0 aliphatic heterocycles. The summed E-state index contributed by atoms with van der Waals surface area (Å²) in [5.41, 5.74) is 2.78. The van der Waals surface area contributed by atoms with Gasteiger partial charge in [0.05, 0.1) is 22.7 Å². The Morgan fingerprint density at radius 3 is 2.53 bits per heavy atom. The molecule has 5 nitrogen and oxygen atoms in total. The molecule has 1 saturated carbocycles. The summed E-state index contributed by atoms with van der Waals surface area (Å²) in [5.74, 6) is -0.284. The van der Waals surface area contributed by atoms with E-state index in [4.69, 9.17) is 0 Å². The first-order valence-electron chi connectivity index (χ1n) is 10.4. The van der Waals surface area contributed by atoms with Crippen molar-refractivity contribution in [3.8, 4) is 5.69 Å². The molecule has 0 unspecified atom stereocenters. The average Bonchev–Trinajstić information content (AvgIpc) is 3.59. The molecule has 32 heavy (non-hydrogen) atoms. The number of sulfonamides is 1. The van der Waals surface area contributed by atoms with Crippen LogP contribution in [0, 0.1) is 5.82 Å². The van der Waals surface area contributed by atoms with Gasteiger partial charge in [-0.3, -0.25) is 0 Å².